The van der Waals surface area contributed by atoms with E-state index in [4.69, 9.17) is 9.57 Å². The van der Waals surface area contributed by atoms with Crippen molar-refractivity contribution in [3.8, 4) is 0 Å². The predicted octanol–water partition coefficient (Wildman–Crippen LogP) is 3.85. The molecule has 2 aromatic rings. The highest BCUT2D eigenvalue weighted by Crippen LogP contribution is 2.19. The number of hydrogen-bond donors (Lipinski definition) is 1. The lowest BCUT2D eigenvalue weighted by Gasteiger charge is -2.27. The van der Waals surface area contributed by atoms with Gasteiger partial charge >= 0.3 is 0 Å². The van der Waals surface area contributed by atoms with Gasteiger partial charge in [-0.1, -0.05) is 67.5 Å². The Morgan fingerprint density at radius 2 is 1.87 bits per heavy atom. The SMILES string of the molecule is CC(C)COC[C@H](O)CN(Cc1ccccc1F)C[C@@H]1CC(c2ccccc2)=NO1. The van der Waals surface area contributed by atoms with Crippen LogP contribution in [0.25, 0.3) is 0 Å². The van der Waals surface area contributed by atoms with E-state index in [1.165, 1.54) is 6.07 Å². The number of oxime groups is 1. The highest BCUT2D eigenvalue weighted by molar-refractivity contribution is 6.01. The molecule has 0 aromatic heterocycles. The fraction of sp³-hybridized carbons (Fsp3) is 0.458. The molecule has 0 aliphatic carbocycles. The van der Waals surface area contributed by atoms with Gasteiger partial charge in [0.15, 0.2) is 0 Å². The summed E-state index contributed by atoms with van der Waals surface area (Å²) >= 11 is 0. The molecule has 0 radical (unpaired) electrons. The Labute approximate surface area is 178 Å². The zero-order chi connectivity index (χ0) is 21.3. The van der Waals surface area contributed by atoms with E-state index >= 15 is 0 Å². The lowest BCUT2D eigenvalue weighted by molar-refractivity contribution is -0.00755. The second-order valence-corrected chi connectivity index (χ2v) is 8.21. The van der Waals surface area contributed by atoms with E-state index in [9.17, 15) is 9.50 Å². The summed E-state index contributed by atoms with van der Waals surface area (Å²) in [5.41, 5.74) is 2.55. The fourth-order valence-electron chi connectivity index (χ4n) is 3.48. The van der Waals surface area contributed by atoms with E-state index in [0.717, 1.165) is 11.3 Å². The van der Waals surface area contributed by atoms with Crippen LogP contribution in [0.1, 0.15) is 31.4 Å². The average molecular weight is 415 g/mol. The monoisotopic (exact) mass is 414 g/mol. The van der Waals surface area contributed by atoms with Gasteiger partial charge in [-0.3, -0.25) is 4.90 Å². The quantitative estimate of drug-likeness (QED) is 0.607. The molecule has 1 aliphatic heterocycles. The number of hydrogen-bond acceptors (Lipinski definition) is 5. The van der Waals surface area contributed by atoms with Gasteiger partial charge in [-0.05, 0) is 17.5 Å². The summed E-state index contributed by atoms with van der Waals surface area (Å²) in [6.45, 7) is 6.28. The van der Waals surface area contributed by atoms with Gasteiger partial charge in [-0.15, -0.1) is 0 Å². The Morgan fingerprint density at radius 3 is 2.60 bits per heavy atom. The van der Waals surface area contributed by atoms with Crippen molar-refractivity contribution < 1.29 is 19.1 Å². The van der Waals surface area contributed by atoms with Crippen molar-refractivity contribution in [1.29, 1.82) is 0 Å². The third kappa shape index (κ3) is 6.90. The Bertz CT molecular complexity index is 813. The number of aliphatic hydroxyl groups excluding tert-OH is 1. The first-order chi connectivity index (χ1) is 14.5. The van der Waals surface area contributed by atoms with E-state index in [2.05, 4.69) is 19.0 Å². The summed E-state index contributed by atoms with van der Waals surface area (Å²) in [7, 11) is 0. The van der Waals surface area contributed by atoms with Gasteiger partial charge in [0, 0.05) is 38.2 Å². The van der Waals surface area contributed by atoms with Gasteiger partial charge in [0.25, 0.3) is 0 Å². The van der Waals surface area contributed by atoms with E-state index < -0.39 is 6.10 Å². The number of benzene rings is 2. The van der Waals surface area contributed by atoms with Crippen molar-refractivity contribution in [2.45, 2.75) is 39.0 Å². The number of rotatable bonds is 11. The highest BCUT2D eigenvalue weighted by Gasteiger charge is 2.26. The maximum Gasteiger partial charge on any atom is 0.145 e. The standard InChI is InChI=1S/C24H31FN2O3/c1-18(2)16-29-17-21(28)14-27(13-20-10-6-7-11-23(20)25)15-22-12-24(26-30-22)19-8-4-3-5-9-19/h3-11,18,21-22,28H,12-17H2,1-2H3/t21-,22+/m1/s1. The summed E-state index contributed by atoms with van der Waals surface area (Å²) in [4.78, 5) is 7.66. The lowest BCUT2D eigenvalue weighted by atomic mass is 10.0. The van der Waals surface area contributed by atoms with E-state index in [0.29, 0.717) is 44.1 Å². The first-order valence-electron chi connectivity index (χ1n) is 10.5. The molecule has 1 aliphatic rings. The molecule has 3 rings (SSSR count). The number of ether oxygens (including phenoxy) is 1. The fourth-order valence-corrected chi connectivity index (χ4v) is 3.48. The third-order valence-corrected chi connectivity index (χ3v) is 4.88. The van der Waals surface area contributed by atoms with Crippen LogP contribution in [-0.2, 0) is 16.1 Å². The maximum atomic E-state index is 14.2. The molecule has 5 nitrogen and oxygen atoms in total. The third-order valence-electron chi connectivity index (χ3n) is 4.88. The molecular formula is C24H31FN2O3. The maximum absolute atomic E-state index is 14.2. The van der Waals surface area contributed by atoms with Crippen LogP contribution >= 0.6 is 0 Å². The van der Waals surface area contributed by atoms with Crippen LogP contribution in [-0.4, -0.2) is 54.2 Å². The number of aliphatic hydroxyl groups is 1. The average Bonchev–Trinajstić information content (AvgIpc) is 3.18. The molecular weight excluding hydrogens is 383 g/mol. The lowest BCUT2D eigenvalue weighted by Crippen LogP contribution is -2.39. The molecule has 0 saturated carbocycles. The molecule has 0 bridgehead atoms. The van der Waals surface area contributed by atoms with Gasteiger partial charge < -0.3 is 14.7 Å². The van der Waals surface area contributed by atoms with Crippen LogP contribution in [0.3, 0.4) is 0 Å². The van der Waals surface area contributed by atoms with Gasteiger partial charge in [0.05, 0.1) is 18.4 Å². The first kappa shape index (κ1) is 22.4. The van der Waals surface area contributed by atoms with Crippen molar-refractivity contribution in [3.05, 3.63) is 71.5 Å². The minimum absolute atomic E-state index is 0.143. The molecule has 2 atom stereocenters. The normalized spacial score (nSPS) is 17.3. The van der Waals surface area contributed by atoms with Crippen LogP contribution in [0, 0.1) is 11.7 Å². The Hall–Kier alpha value is -2.28. The second kappa shape index (κ2) is 11.2. The van der Waals surface area contributed by atoms with Gasteiger partial charge in [-0.2, -0.15) is 0 Å². The minimum atomic E-state index is -0.661. The zero-order valence-corrected chi connectivity index (χ0v) is 17.7. The van der Waals surface area contributed by atoms with Gasteiger partial charge in [0.2, 0.25) is 0 Å². The van der Waals surface area contributed by atoms with Crippen molar-refractivity contribution in [1.82, 2.24) is 4.90 Å². The molecule has 2 aromatic carbocycles. The molecule has 0 saturated heterocycles. The Kier molecular flexibility index (Phi) is 8.37. The van der Waals surface area contributed by atoms with Crippen LogP contribution in [0.15, 0.2) is 59.8 Å². The topological polar surface area (TPSA) is 54.3 Å². The summed E-state index contributed by atoms with van der Waals surface area (Å²) < 4.78 is 19.8. The second-order valence-electron chi connectivity index (χ2n) is 8.21. The molecule has 6 heteroatoms. The molecule has 1 heterocycles. The van der Waals surface area contributed by atoms with Crippen molar-refractivity contribution in [2.24, 2.45) is 11.1 Å². The van der Waals surface area contributed by atoms with Gasteiger partial charge in [-0.25, -0.2) is 4.39 Å². The first-order valence-corrected chi connectivity index (χ1v) is 10.5. The summed E-state index contributed by atoms with van der Waals surface area (Å²) in [6.07, 6.45) is -0.125. The number of halogens is 1. The molecule has 1 N–H and O–H groups in total. The molecule has 162 valence electrons. The van der Waals surface area contributed by atoms with Crippen LogP contribution in [0.5, 0.6) is 0 Å². The Balaban J connectivity index is 1.60. The zero-order valence-electron chi connectivity index (χ0n) is 17.7. The van der Waals surface area contributed by atoms with E-state index in [1.807, 2.05) is 41.3 Å². The van der Waals surface area contributed by atoms with Crippen molar-refractivity contribution in [2.75, 3.05) is 26.3 Å². The molecule has 30 heavy (non-hydrogen) atoms. The van der Waals surface area contributed by atoms with Crippen molar-refractivity contribution in [3.63, 3.8) is 0 Å². The Morgan fingerprint density at radius 1 is 1.13 bits per heavy atom. The van der Waals surface area contributed by atoms with Crippen LogP contribution in [0.4, 0.5) is 4.39 Å². The molecule has 0 spiro atoms. The van der Waals surface area contributed by atoms with Crippen molar-refractivity contribution >= 4 is 5.71 Å². The molecule has 0 amide bonds. The van der Waals surface area contributed by atoms with Crippen LogP contribution < -0.4 is 0 Å². The van der Waals surface area contributed by atoms with Gasteiger partial charge in [0.1, 0.15) is 11.9 Å². The van der Waals surface area contributed by atoms with Crippen LogP contribution in [0.2, 0.25) is 0 Å². The highest BCUT2D eigenvalue weighted by atomic mass is 19.1. The summed E-state index contributed by atoms with van der Waals surface area (Å²) in [5, 5.41) is 14.7. The summed E-state index contributed by atoms with van der Waals surface area (Å²) in [6, 6.07) is 16.7. The predicted molar refractivity (Wildman–Crippen MR) is 116 cm³/mol. The van der Waals surface area contributed by atoms with E-state index in [1.54, 1.807) is 12.1 Å². The summed E-state index contributed by atoms with van der Waals surface area (Å²) in [5.74, 6) is 0.161. The largest absolute Gasteiger partial charge is 0.390 e. The minimum Gasteiger partial charge on any atom is -0.390 e. The molecule has 0 fully saturated rings. The smallest absolute Gasteiger partial charge is 0.145 e. The molecule has 0 unspecified atom stereocenters. The van der Waals surface area contributed by atoms with E-state index in [-0.39, 0.29) is 18.5 Å². The number of nitrogens with zero attached hydrogens (tertiary/aromatic N) is 2.